The first-order valence-electron chi connectivity index (χ1n) is 8.06. The number of hydrogen-bond acceptors (Lipinski definition) is 2. The molecular weight excluding hydrogens is 343 g/mol. The molecule has 0 radical (unpaired) electrons. The average molecular weight is 363 g/mol. The summed E-state index contributed by atoms with van der Waals surface area (Å²) in [5.41, 5.74) is 2.89. The van der Waals surface area contributed by atoms with Crippen LogP contribution in [0.1, 0.15) is 24.0 Å². The van der Waals surface area contributed by atoms with Gasteiger partial charge in [-0.05, 0) is 55.2 Å². The highest BCUT2D eigenvalue weighted by Gasteiger charge is 2.30. The summed E-state index contributed by atoms with van der Waals surface area (Å²) in [5.74, 6) is -0.0402. The minimum atomic E-state index is -0.0402. The van der Waals surface area contributed by atoms with E-state index in [9.17, 15) is 4.79 Å². The van der Waals surface area contributed by atoms with Gasteiger partial charge in [-0.3, -0.25) is 9.69 Å². The largest absolute Gasteiger partial charge is 0.324 e. The van der Waals surface area contributed by atoms with Gasteiger partial charge in [0.25, 0.3) is 0 Å². The third-order valence-corrected chi connectivity index (χ3v) is 4.67. The lowest BCUT2D eigenvalue weighted by molar-refractivity contribution is -0.117. The van der Waals surface area contributed by atoms with Crippen LogP contribution in [0.5, 0.6) is 0 Å². The highest BCUT2D eigenvalue weighted by atomic mass is 35.5. The Morgan fingerprint density at radius 1 is 1.17 bits per heavy atom. The minimum Gasteiger partial charge on any atom is -0.324 e. The predicted molar refractivity (Wildman–Crippen MR) is 99.7 cm³/mol. The van der Waals surface area contributed by atoms with Gasteiger partial charge in [0, 0.05) is 17.6 Å². The van der Waals surface area contributed by atoms with E-state index >= 15 is 0 Å². The topological polar surface area (TPSA) is 32.3 Å². The standard InChI is InChI=1S/C19H20Cl2N2O/c1-13-2-9-18(17(21)10-13)22-19(24)12-23(16-7-8-16)11-14-3-5-15(20)6-4-14/h2-6,9-10,16H,7-8,11-12H2,1H3,(H,22,24). The fourth-order valence-corrected chi connectivity index (χ4v) is 3.08. The Hall–Kier alpha value is -1.55. The number of nitrogens with zero attached hydrogens (tertiary/aromatic N) is 1. The summed E-state index contributed by atoms with van der Waals surface area (Å²) in [7, 11) is 0. The molecule has 0 aliphatic heterocycles. The van der Waals surface area contributed by atoms with Crippen LogP contribution in [0.2, 0.25) is 10.0 Å². The zero-order chi connectivity index (χ0) is 17.1. The predicted octanol–water partition coefficient (Wildman–Crippen LogP) is 4.90. The second-order valence-electron chi connectivity index (χ2n) is 6.29. The Labute approximate surface area is 152 Å². The van der Waals surface area contributed by atoms with Crippen molar-refractivity contribution in [3.05, 3.63) is 63.6 Å². The van der Waals surface area contributed by atoms with Crippen LogP contribution in [-0.4, -0.2) is 23.4 Å². The van der Waals surface area contributed by atoms with E-state index in [1.807, 2.05) is 49.4 Å². The molecule has 0 bridgehead atoms. The van der Waals surface area contributed by atoms with Crippen LogP contribution >= 0.6 is 23.2 Å². The molecule has 1 N–H and O–H groups in total. The normalized spacial score (nSPS) is 14.0. The van der Waals surface area contributed by atoms with Gasteiger partial charge in [0.1, 0.15) is 0 Å². The molecular formula is C19H20Cl2N2O. The van der Waals surface area contributed by atoms with Gasteiger partial charge in [-0.2, -0.15) is 0 Å². The van der Waals surface area contributed by atoms with Crippen LogP contribution in [-0.2, 0) is 11.3 Å². The zero-order valence-corrected chi connectivity index (χ0v) is 15.1. The van der Waals surface area contributed by atoms with Gasteiger partial charge in [-0.1, -0.05) is 41.4 Å². The number of amides is 1. The lowest BCUT2D eigenvalue weighted by atomic mass is 10.2. The third-order valence-electron chi connectivity index (χ3n) is 4.11. The zero-order valence-electron chi connectivity index (χ0n) is 13.6. The lowest BCUT2D eigenvalue weighted by Crippen LogP contribution is -2.34. The van der Waals surface area contributed by atoms with Gasteiger partial charge < -0.3 is 5.32 Å². The molecule has 1 amide bonds. The Morgan fingerprint density at radius 3 is 2.50 bits per heavy atom. The van der Waals surface area contributed by atoms with Gasteiger partial charge in [0.05, 0.1) is 17.3 Å². The summed E-state index contributed by atoms with van der Waals surface area (Å²) < 4.78 is 0. The molecule has 2 aromatic carbocycles. The monoisotopic (exact) mass is 362 g/mol. The molecule has 5 heteroatoms. The Morgan fingerprint density at radius 2 is 1.88 bits per heavy atom. The molecule has 0 aromatic heterocycles. The summed E-state index contributed by atoms with van der Waals surface area (Å²) in [5, 5.41) is 4.21. The van der Waals surface area contributed by atoms with Crippen LogP contribution < -0.4 is 5.32 Å². The van der Waals surface area contributed by atoms with Crippen LogP contribution in [0.4, 0.5) is 5.69 Å². The van der Waals surface area contributed by atoms with E-state index in [0.717, 1.165) is 35.5 Å². The first kappa shape index (κ1) is 17.3. The molecule has 1 saturated carbocycles. The number of rotatable bonds is 6. The van der Waals surface area contributed by atoms with Crippen molar-refractivity contribution in [3.63, 3.8) is 0 Å². The van der Waals surface area contributed by atoms with Crippen molar-refractivity contribution < 1.29 is 4.79 Å². The quantitative estimate of drug-likeness (QED) is 0.791. The average Bonchev–Trinajstić information content (AvgIpc) is 3.36. The Balaban J connectivity index is 1.62. The molecule has 126 valence electrons. The van der Waals surface area contributed by atoms with Gasteiger partial charge in [-0.25, -0.2) is 0 Å². The van der Waals surface area contributed by atoms with E-state index in [0.29, 0.717) is 23.3 Å². The van der Waals surface area contributed by atoms with Gasteiger partial charge in [0.2, 0.25) is 5.91 Å². The highest BCUT2D eigenvalue weighted by molar-refractivity contribution is 6.33. The first-order chi connectivity index (χ1) is 11.5. The maximum absolute atomic E-state index is 12.4. The van der Waals surface area contributed by atoms with Crippen molar-refractivity contribution in [2.75, 3.05) is 11.9 Å². The summed E-state index contributed by atoms with van der Waals surface area (Å²) in [4.78, 5) is 14.6. The number of halogens is 2. The van der Waals surface area contributed by atoms with E-state index in [4.69, 9.17) is 23.2 Å². The maximum Gasteiger partial charge on any atom is 0.238 e. The van der Waals surface area contributed by atoms with Gasteiger partial charge >= 0.3 is 0 Å². The Bertz CT molecular complexity index is 727. The van der Waals surface area contributed by atoms with Crippen molar-refractivity contribution in [2.24, 2.45) is 0 Å². The molecule has 0 saturated heterocycles. The Kier molecular flexibility index (Phi) is 5.44. The van der Waals surface area contributed by atoms with Crippen molar-refractivity contribution in [1.82, 2.24) is 4.90 Å². The van der Waals surface area contributed by atoms with Crippen molar-refractivity contribution in [3.8, 4) is 0 Å². The number of hydrogen-bond donors (Lipinski definition) is 1. The van der Waals surface area contributed by atoms with Crippen molar-refractivity contribution in [1.29, 1.82) is 0 Å². The van der Waals surface area contributed by atoms with E-state index < -0.39 is 0 Å². The van der Waals surface area contributed by atoms with E-state index in [1.54, 1.807) is 0 Å². The molecule has 0 atom stereocenters. The molecule has 24 heavy (non-hydrogen) atoms. The number of aryl methyl sites for hydroxylation is 1. The number of carbonyl (C=O) groups excluding carboxylic acids is 1. The van der Waals surface area contributed by atoms with Crippen LogP contribution in [0.3, 0.4) is 0 Å². The highest BCUT2D eigenvalue weighted by Crippen LogP contribution is 2.29. The fourth-order valence-electron chi connectivity index (χ4n) is 2.67. The van der Waals surface area contributed by atoms with Crippen molar-refractivity contribution in [2.45, 2.75) is 32.4 Å². The fraction of sp³-hybridized carbons (Fsp3) is 0.316. The first-order valence-corrected chi connectivity index (χ1v) is 8.81. The molecule has 1 aliphatic carbocycles. The second kappa shape index (κ2) is 7.56. The molecule has 0 unspecified atom stereocenters. The summed E-state index contributed by atoms with van der Waals surface area (Å²) in [6, 6.07) is 13.9. The van der Waals surface area contributed by atoms with E-state index in [1.165, 1.54) is 0 Å². The second-order valence-corrected chi connectivity index (χ2v) is 7.14. The number of anilines is 1. The smallest absolute Gasteiger partial charge is 0.238 e. The van der Waals surface area contributed by atoms with E-state index in [-0.39, 0.29) is 5.91 Å². The summed E-state index contributed by atoms with van der Waals surface area (Å²) >= 11 is 12.1. The molecule has 0 spiro atoms. The number of carbonyl (C=O) groups is 1. The van der Waals surface area contributed by atoms with Crippen LogP contribution in [0.15, 0.2) is 42.5 Å². The molecule has 1 fully saturated rings. The number of benzene rings is 2. The third kappa shape index (κ3) is 4.73. The van der Waals surface area contributed by atoms with Crippen LogP contribution in [0, 0.1) is 6.92 Å². The lowest BCUT2D eigenvalue weighted by Gasteiger charge is -2.21. The summed E-state index contributed by atoms with van der Waals surface area (Å²) in [6.45, 7) is 3.08. The molecule has 2 aromatic rings. The molecule has 0 heterocycles. The maximum atomic E-state index is 12.4. The van der Waals surface area contributed by atoms with E-state index in [2.05, 4.69) is 10.2 Å². The summed E-state index contributed by atoms with van der Waals surface area (Å²) in [6.07, 6.45) is 2.29. The SMILES string of the molecule is Cc1ccc(NC(=O)CN(Cc2ccc(Cl)cc2)C2CC2)c(Cl)c1. The molecule has 3 nitrogen and oxygen atoms in total. The van der Waals surface area contributed by atoms with Crippen LogP contribution in [0.25, 0.3) is 0 Å². The number of nitrogens with one attached hydrogen (secondary N) is 1. The molecule has 3 rings (SSSR count). The van der Waals surface area contributed by atoms with Gasteiger partial charge in [0.15, 0.2) is 0 Å². The molecule has 1 aliphatic rings. The van der Waals surface area contributed by atoms with Crippen molar-refractivity contribution >= 4 is 34.8 Å². The van der Waals surface area contributed by atoms with Gasteiger partial charge in [-0.15, -0.1) is 0 Å². The minimum absolute atomic E-state index is 0.0402.